The summed E-state index contributed by atoms with van der Waals surface area (Å²) in [5.74, 6) is -0.252. The van der Waals surface area contributed by atoms with Crippen LogP contribution < -0.4 is 4.74 Å². The Bertz CT molecular complexity index is 638. The lowest BCUT2D eigenvalue weighted by Crippen LogP contribution is -2.45. The summed E-state index contributed by atoms with van der Waals surface area (Å²) in [6.07, 6.45) is -1.23. The summed E-state index contributed by atoms with van der Waals surface area (Å²) in [6.45, 7) is 4.58. The lowest BCUT2D eigenvalue weighted by atomic mass is 9.92. The highest BCUT2D eigenvalue weighted by atomic mass is 19.3. The Kier molecular flexibility index (Phi) is 4.31. The van der Waals surface area contributed by atoms with Crippen LogP contribution in [-0.4, -0.2) is 35.4 Å². The number of carbonyl (C=O) groups is 1. The van der Waals surface area contributed by atoms with Gasteiger partial charge in [0.05, 0.1) is 18.8 Å². The third-order valence-electron chi connectivity index (χ3n) is 3.76. The van der Waals surface area contributed by atoms with Crippen LogP contribution in [0.1, 0.15) is 30.7 Å². The second kappa shape index (κ2) is 5.87. The van der Waals surface area contributed by atoms with E-state index in [0.29, 0.717) is 22.6 Å². The number of carbonyl (C=O) groups excluding carboxylic acids is 1. The number of aryl methyl sites for hydroxylation is 1. The van der Waals surface area contributed by atoms with Gasteiger partial charge in [0.15, 0.2) is 0 Å². The minimum atomic E-state index is -2.76. The number of nitriles is 1. The van der Waals surface area contributed by atoms with E-state index in [2.05, 4.69) is 4.98 Å². The Labute approximate surface area is 127 Å². The van der Waals surface area contributed by atoms with Crippen LogP contribution in [0.5, 0.6) is 5.75 Å². The van der Waals surface area contributed by atoms with Gasteiger partial charge in [0, 0.05) is 11.8 Å². The minimum absolute atomic E-state index is 0.103. The maximum absolute atomic E-state index is 13.1. The maximum atomic E-state index is 13.1. The molecule has 0 fully saturated rings. The van der Waals surface area contributed by atoms with Crippen LogP contribution in [0.2, 0.25) is 0 Å². The number of pyridine rings is 1. The number of hydrogen-bond acceptors (Lipinski definition) is 4. The summed E-state index contributed by atoms with van der Waals surface area (Å²) in [4.78, 5) is 17.8. The van der Waals surface area contributed by atoms with Crippen molar-refractivity contribution in [3.05, 3.63) is 23.0 Å². The smallest absolute Gasteiger partial charge is 0.252 e. The van der Waals surface area contributed by atoms with E-state index in [1.165, 1.54) is 24.9 Å². The van der Waals surface area contributed by atoms with Crippen molar-refractivity contribution in [2.75, 3.05) is 13.2 Å². The molecule has 0 N–H and O–H groups in total. The summed E-state index contributed by atoms with van der Waals surface area (Å²) in [5.41, 5.74) is -0.354. The van der Waals surface area contributed by atoms with Gasteiger partial charge in [-0.25, -0.2) is 8.78 Å². The number of hydrogen-bond donors (Lipinski definition) is 0. The van der Waals surface area contributed by atoms with Gasteiger partial charge in [-0.15, -0.1) is 0 Å². The molecular weight excluding hydrogens is 292 g/mol. The monoisotopic (exact) mass is 309 g/mol. The third-order valence-corrected chi connectivity index (χ3v) is 3.76. The molecule has 7 heteroatoms. The number of amides is 1. The van der Waals surface area contributed by atoms with Crippen molar-refractivity contribution in [2.24, 2.45) is 5.41 Å². The Morgan fingerprint density at radius 1 is 1.55 bits per heavy atom. The van der Waals surface area contributed by atoms with Gasteiger partial charge in [0.1, 0.15) is 29.4 Å². The van der Waals surface area contributed by atoms with Crippen molar-refractivity contribution >= 4 is 5.91 Å². The molecule has 1 aromatic heterocycles. The molecule has 0 saturated heterocycles. The Hall–Kier alpha value is -2.23. The normalized spacial score (nSPS) is 14.9. The second-order valence-electron chi connectivity index (χ2n) is 5.78. The fourth-order valence-electron chi connectivity index (χ4n) is 2.25. The zero-order valence-electron chi connectivity index (χ0n) is 12.7. The number of alkyl halides is 2. The number of nitrogens with zero attached hydrogens (tertiary/aromatic N) is 3. The topological polar surface area (TPSA) is 66.2 Å². The molecule has 2 rings (SSSR count). The number of rotatable bonds is 2. The molecule has 0 atom stereocenters. The predicted octanol–water partition coefficient (Wildman–Crippen LogP) is 2.27. The second-order valence-corrected chi connectivity index (χ2v) is 5.78. The van der Waals surface area contributed by atoms with E-state index >= 15 is 0 Å². The Morgan fingerprint density at radius 2 is 2.23 bits per heavy atom. The van der Waals surface area contributed by atoms with Crippen LogP contribution in [0.25, 0.3) is 0 Å². The van der Waals surface area contributed by atoms with Crippen LogP contribution in [0.4, 0.5) is 8.78 Å². The first-order valence-electron chi connectivity index (χ1n) is 6.88. The Morgan fingerprint density at radius 3 is 2.82 bits per heavy atom. The SMILES string of the molecule is Cc1ncc2c(c1C#N)OCCN(C(=O)C(C)(C)C(F)F)C2. The van der Waals surface area contributed by atoms with Crippen molar-refractivity contribution in [3.63, 3.8) is 0 Å². The van der Waals surface area contributed by atoms with Crippen molar-refractivity contribution in [2.45, 2.75) is 33.7 Å². The van der Waals surface area contributed by atoms with Crippen molar-refractivity contribution in [1.29, 1.82) is 5.26 Å². The molecule has 0 bridgehead atoms. The summed E-state index contributed by atoms with van der Waals surface area (Å²) in [5, 5.41) is 9.19. The van der Waals surface area contributed by atoms with Crippen molar-refractivity contribution in [1.82, 2.24) is 9.88 Å². The van der Waals surface area contributed by atoms with E-state index < -0.39 is 17.7 Å². The summed E-state index contributed by atoms with van der Waals surface area (Å²) >= 11 is 0. The third kappa shape index (κ3) is 2.73. The number of ether oxygens (including phenoxy) is 1. The van der Waals surface area contributed by atoms with Gasteiger partial charge in [0.2, 0.25) is 5.91 Å². The highest BCUT2D eigenvalue weighted by molar-refractivity contribution is 5.82. The van der Waals surface area contributed by atoms with E-state index in [4.69, 9.17) is 4.74 Å². The van der Waals surface area contributed by atoms with Crippen LogP contribution in [0, 0.1) is 23.7 Å². The fourth-order valence-corrected chi connectivity index (χ4v) is 2.25. The molecule has 1 aliphatic rings. The van der Waals surface area contributed by atoms with E-state index in [1.54, 1.807) is 6.92 Å². The van der Waals surface area contributed by atoms with Crippen molar-refractivity contribution < 1.29 is 18.3 Å². The van der Waals surface area contributed by atoms with Crippen LogP contribution >= 0.6 is 0 Å². The van der Waals surface area contributed by atoms with E-state index in [-0.39, 0.29) is 19.7 Å². The molecule has 2 heterocycles. The van der Waals surface area contributed by atoms with Gasteiger partial charge in [-0.3, -0.25) is 9.78 Å². The molecule has 22 heavy (non-hydrogen) atoms. The maximum Gasteiger partial charge on any atom is 0.252 e. The van der Waals surface area contributed by atoms with Gasteiger partial charge in [-0.2, -0.15) is 5.26 Å². The summed E-state index contributed by atoms with van der Waals surface area (Å²) < 4.78 is 31.7. The highest BCUT2D eigenvalue weighted by Gasteiger charge is 2.41. The van der Waals surface area contributed by atoms with Gasteiger partial charge in [-0.1, -0.05) is 0 Å². The first kappa shape index (κ1) is 16.1. The fraction of sp³-hybridized carbons (Fsp3) is 0.533. The zero-order valence-corrected chi connectivity index (χ0v) is 12.7. The Balaban J connectivity index is 2.35. The molecule has 0 aromatic carbocycles. The lowest BCUT2D eigenvalue weighted by molar-refractivity contribution is -0.149. The summed E-state index contributed by atoms with van der Waals surface area (Å²) in [6, 6.07) is 2.03. The van der Waals surface area contributed by atoms with Crippen molar-refractivity contribution in [3.8, 4) is 11.8 Å². The lowest BCUT2D eigenvalue weighted by Gasteiger charge is -2.30. The van der Waals surface area contributed by atoms with Gasteiger partial charge >= 0.3 is 0 Å². The van der Waals surface area contributed by atoms with Gasteiger partial charge in [-0.05, 0) is 20.8 Å². The first-order chi connectivity index (χ1) is 10.3. The number of halogens is 2. The van der Waals surface area contributed by atoms with E-state index in [0.717, 1.165) is 0 Å². The van der Waals surface area contributed by atoms with Crippen LogP contribution in [0.15, 0.2) is 6.20 Å². The average Bonchev–Trinajstić information content (AvgIpc) is 2.68. The standard InChI is InChI=1S/C15H17F2N3O2/c1-9-11(6-18)12-10(7-19-9)8-20(4-5-22-12)14(21)15(2,3)13(16)17/h7,13H,4-5,8H2,1-3H3. The first-order valence-corrected chi connectivity index (χ1v) is 6.88. The average molecular weight is 309 g/mol. The molecule has 0 saturated carbocycles. The van der Waals surface area contributed by atoms with E-state index in [1.807, 2.05) is 6.07 Å². The molecule has 118 valence electrons. The molecule has 5 nitrogen and oxygen atoms in total. The van der Waals surface area contributed by atoms with Crippen LogP contribution in [-0.2, 0) is 11.3 Å². The molecule has 0 unspecified atom stereocenters. The minimum Gasteiger partial charge on any atom is -0.490 e. The predicted molar refractivity (Wildman–Crippen MR) is 74.4 cm³/mol. The number of fused-ring (bicyclic) bond motifs is 1. The molecule has 1 aromatic rings. The van der Waals surface area contributed by atoms with Crippen LogP contribution in [0.3, 0.4) is 0 Å². The number of aromatic nitrogens is 1. The summed E-state index contributed by atoms with van der Waals surface area (Å²) in [7, 11) is 0. The van der Waals surface area contributed by atoms with Gasteiger partial charge < -0.3 is 9.64 Å². The molecule has 0 spiro atoms. The van der Waals surface area contributed by atoms with E-state index in [9.17, 15) is 18.8 Å². The van der Waals surface area contributed by atoms with Gasteiger partial charge in [0.25, 0.3) is 6.43 Å². The highest BCUT2D eigenvalue weighted by Crippen LogP contribution is 2.32. The molecule has 0 aliphatic carbocycles. The molecule has 1 amide bonds. The molecule has 1 aliphatic heterocycles. The zero-order chi connectivity index (χ0) is 16.5. The molecule has 0 radical (unpaired) electrons. The molecular formula is C15H17F2N3O2. The quantitative estimate of drug-likeness (QED) is 0.840. The largest absolute Gasteiger partial charge is 0.490 e.